The fraction of sp³-hybridized carbons (Fsp3) is 0.429. The molecule has 0 aromatic carbocycles. The minimum Gasteiger partial charge on any atom is -0.490 e. The lowest BCUT2D eigenvalue weighted by Crippen LogP contribution is -2.37. The van der Waals surface area contributed by atoms with Crippen molar-refractivity contribution in [3.8, 4) is 11.6 Å². The standard InChI is InChI=1S/C14H18N4O2/c1-10-13-7-16-11(9-20-14(13)18(2)17-10)8-19-12-4-3-5-15-6-12/h3-6,11,16H,7-9H2,1-2H3. The second-order valence-electron chi connectivity index (χ2n) is 4.88. The number of fused-ring (bicyclic) bond motifs is 1. The predicted molar refractivity (Wildman–Crippen MR) is 73.8 cm³/mol. The molecule has 6 heteroatoms. The van der Waals surface area contributed by atoms with Crippen molar-refractivity contribution in [2.75, 3.05) is 13.2 Å². The summed E-state index contributed by atoms with van der Waals surface area (Å²) in [6.45, 7) is 3.85. The van der Waals surface area contributed by atoms with Crippen LogP contribution in [0.5, 0.6) is 11.6 Å². The summed E-state index contributed by atoms with van der Waals surface area (Å²) in [6.07, 6.45) is 3.44. The van der Waals surface area contributed by atoms with E-state index in [1.807, 2.05) is 26.1 Å². The van der Waals surface area contributed by atoms with E-state index in [0.717, 1.165) is 29.4 Å². The zero-order chi connectivity index (χ0) is 13.9. The fourth-order valence-electron chi connectivity index (χ4n) is 2.29. The molecule has 20 heavy (non-hydrogen) atoms. The Morgan fingerprint density at radius 2 is 2.45 bits per heavy atom. The molecule has 6 nitrogen and oxygen atoms in total. The minimum atomic E-state index is 0.141. The SMILES string of the molecule is Cc1nn(C)c2c1CNC(COc1cccnc1)CO2. The molecule has 0 fully saturated rings. The van der Waals surface area contributed by atoms with Gasteiger partial charge in [0.25, 0.3) is 0 Å². The molecule has 1 atom stereocenters. The summed E-state index contributed by atoms with van der Waals surface area (Å²) >= 11 is 0. The molecular weight excluding hydrogens is 256 g/mol. The van der Waals surface area contributed by atoms with Gasteiger partial charge in [0, 0.05) is 19.8 Å². The van der Waals surface area contributed by atoms with Crippen LogP contribution in [-0.4, -0.2) is 34.0 Å². The Balaban J connectivity index is 1.61. The van der Waals surface area contributed by atoms with Gasteiger partial charge >= 0.3 is 0 Å². The van der Waals surface area contributed by atoms with E-state index in [-0.39, 0.29) is 6.04 Å². The average molecular weight is 274 g/mol. The number of aryl methyl sites for hydroxylation is 2. The molecule has 0 spiro atoms. The summed E-state index contributed by atoms with van der Waals surface area (Å²) in [6, 6.07) is 3.90. The first kappa shape index (κ1) is 12.9. The van der Waals surface area contributed by atoms with Crippen LogP contribution in [0.4, 0.5) is 0 Å². The van der Waals surface area contributed by atoms with Gasteiger partial charge in [0.15, 0.2) is 0 Å². The molecule has 106 valence electrons. The van der Waals surface area contributed by atoms with Crippen molar-refractivity contribution in [3.05, 3.63) is 35.8 Å². The van der Waals surface area contributed by atoms with E-state index in [4.69, 9.17) is 9.47 Å². The number of pyridine rings is 1. The second kappa shape index (κ2) is 5.50. The van der Waals surface area contributed by atoms with E-state index < -0.39 is 0 Å². The Labute approximate surface area is 117 Å². The van der Waals surface area contributed by atoms with Crippen LogP contribution in [0.15, 0.2) is 24.5 Å². The number of rotatable bonds is 3. The Morgan fingerprint density at radius 3 is 3.25 bits per heavy atom. The van der Waals surface area contributed by atoms with Crippen molar-refractivity contribution < 1.29 is 9.47 Å². The van der Waals surface area contributed by atoms with Crippen LogP contribution >= 0.6 is 0 Å². The third-order valence-electron chi connectivity index (χ3n) is 3.36. The van der Waals surface area contributed by atoms with Crippen molar-refractivity contribution in [2.24, 2.45) is 7.05 Å². The first-order valence-corrected chi connectivity index (χ1v) is 6.65. The van der Waals surface area contributed by atoms with Gasteiger partial charge in [-0.2, -0.15) is 5.10 Å². The molecule has 1 aliphatic heterocycles. The van der Waals surface area contributed by atoms with E-state index in [1.165, 1.54) is 0 Å². The Kier molecular flexibility index (Phi) is 3.56. The zero-order valence-corrected chi connectivity index (χ0v) is 11.7. The highest BCUT2D eigenvalue weighted by atomic mass is 16.5. The second-order valence-corrected chi connectivity index (χ2v) is 4.88. The summed E-state index contributed by atoms with van der Waals surface area (Å²) in [5.41, 5.74) is 2.13. The minimum absolute atomic E-state index is 0.141. The number of nitrogens with zero attached hydrogens (tertiary/aromatic N) is 3. The van der Waals surface area contributed by atoms with E-state index in [0.29, 0.717) is 13.2 Å². The monoisotopic (exact) mass is 274 g/mol. The lowest BCUT2D eigenvalue weighted by Gasteiger charge is -2.16. The molecular formula is C14H18N4O2. The van der Waals surface area contributed by atoms with Gasteiger partial charge in [-0.25, -0.2) is 4.68 Å². The molecule has 0 amide bonds. The van der Waals surface area contributed by atoms with Crippen LogP contribution in [0.25, 0.3) is 0 Å². The van der Waals surface area contributed by atoms with Gasteiger partial charge in [-0.05, 0) is 19.1 Å². The van der Waals surface area contributed by atoms with E-state index in [1.54, 1.807) is 17.1 Å². The molecule has 0 aliphatic carbocycles. The predicted octanol–water partition coefficient (Wildman–Crippen LogP) is 1.05. The van der Waals surface area contributed by atoms with Crippen LogP contribution < -0.4 is 14.8 Å². The normalized spacial score (nSPS) is 18.0. The van der Waals surface area contributed by atoms with Crippen LogP contribution in [-0.2, 0) is 13.6 Å². The first-order chi connectivity index (χ1) is 9.74. The number of hydrogen-bond donors (Lipinski definition) is 1. The number of aromatic nitrogens is 3. The maximum absolute atomic E-state index is 5.84. The highest BCUT2D eigenvalue weighted by Crippen LogP contribution is 2.23. The van der Waals surface area contributed by atoms with E-state index in [2.05, 4.69) is 15.4 Å². The lowest BCUT2D eigenvalue weighted by molar-refractivity contribution is 0.196. The van der Waals surface area contributed by atoms with Gasteiger partial charge < -0.3 is 14.8 Å². The van der Waals surface area contributed by atoms with Crippen molar-refractivity contribution in [1.82, 2.24) is 20.1 Å². The van der Waals surface area contributed by atoms with Gasteiger partial charge in [0.05, 0.1) is 23.5 Å². The van der Waals surface area contributed by atoms with Crippen LogP contribution in [0.2, 0.25) is 0 Å². The quantitative estimate of drug-likeness (QED) is 0.906. The maximum Gasteiger partial charge on any atom is 0.216 e. The first-order valence-electron chi connectivity index (χ1n) is 6.65. The van der Waals surface area contributed by atoms with Gasteiger partial charge in [-0.3, -0.25) is 4.98 Å². The van der Waals surface area contributed by atoms with Gasteiger partial charge in [0.1, 0.15) is 19.0 Å². The molecule has 2 aromatic heterocycles. The van der Waals surface area contributed by atoms with E-state index >= 15 is 0 Å². The lowest BCUT2D eigenvalue weighted by atomic mass is 10.2. The summed E-state index contributed by atoms with van der Waals surface area (Å²) in [5.74, 6) is 1.62. The molecule has 3 heterocycles. The fourth-order valence-corrected chi connectivity index (χ4v) is 2.29. The number of ether oxygens (including phenoxy) is 2. The third kappa shape index (κ3) is 2.60. The maximum atomic E-state index is 5.84. The Hall–Kier alpha value is -2.08. The van der Waals surface area contributed by atoms with Crippen LogP contribution in [0, 0.1) is 6.92 Å². The highest BCUT2D eigenvalue weighted by Gasteiger charge is 2.22. The van der Waals surface area contributed by atoms with Crippen molar-refractivity contribution in [1.29, 1.82) is 0 Å². The highest BCUT2D eigenvalue weighted by molar-refractivity contribution is 5.31. The van der Waals surface area contributed by atoms with Crippen LogP contribution in [0.3, 0.4) is 0 Å². The number of nitrogens with one attached hydrogen (secondary N) is 1. The molecule has 0 saturated carbocycles. The molecule has 1 unspecified atom stereocenters. The summed E-state index contributed by atoms with van der Waals surface area (Å²) in [5, 5.41) is 7.80. The van der Waals surface area contributed by atoms with Gasteiger partial charge in [-0.15, -0.1) is 0 Å². The molecule has 1 N–H and O–H groups in total. The molecule has 0 saturated heterocycles. The molecule has 0 bridgehead atoms. The molecule has 0 radical (unpaired) electrons. The van der Waals surface area contributed by atoms with Crippen LogP contribution in [0.1, 0.15) is 11.3 Å². The van der Waals surface area contributed by atoms with Crippen molar-refractivity contribution in [3.63, 3.8) is 0 Å². The van der Waals surface area contributed by atoms with Gasteiger partial charge in [0.2, 0.25) is 5.88 Å². The third-order valence-corrected chi connectivity index (χ3v) is 3.36. The molecule has 2 aromatic rings. The summed E-state index contributed by atoms with van der Waals surface area (Å²) < 4.78 is 13.3. The largest absolute Gasteiger partial charge is 0.490 e. The average Bonchev–Trinajstić information content (AvgIpc) is 2.65. The zero-order valence-electron chi connectivity index (χ0n) is 11.7. The molecule has 1 aliphatic rings. The van der Waals surface area contributed by atoms with Crippen molar-refractivity contribution >= 4 is 0 Å². The van der Waals surface area contributed by atoms with Gasteiger partial charge in [-0.1, -0.05) is 0 Å². The summed E-state index contributed by atoms with van der Waals surface area (Å²) in [7, 11) is 1.90. The number of hydrogen-bond acceptors (Lipinski definition) is 5. The Bertz CT molecular complexity index is 554. The molecule has 3 rings (SSSR count). The van der Waals surface area contributed by atoms with E-state index in [9.17, 15) is 0 Å². The van der Waals surface area contributed by atoms with Crippen molar-refractivity contribution in [2.45, 2.75) is 19.5 Å². The topological polar surface area (TPSA) is 61.2 Å². The smallest absolute Gasteiger partial charge is 0.216 e. The Morgan fingerprint density at radius 1 is 1.55 bits per heavy atom. The summed E-state index contributed by atoms with van der Waals surface area (Å²) in [4.78, 5) is 4.03.